The van der Waals surface area contributed by atoms with E-state index in [2.05, 4.69) is 35.2 Å². The highest BCUT2D eigenvalue weighted by Crippen LogP contribution is 2.27. The van der Waals surface area contributed by atoms with Crippen molar-refractivity contribution < 1.29 is 9.53 Å². The lowest BCUT2D eigenvalue weighted by Gasteiger charge is -2.08. The summed E-state index contributed by atoms with van der Waals surface area (Å²) < 4.78 is 5.17. The van der Waals surface area contributed by atoms with Gasteiger partial charge < -0.3 is 10.1 Å². The summed E-state index contributed by atoms with van der Waals surface area (Å²) in [6.07, 6.45) is 0.306. The van der Waals surface area contributed by atoms with E-state index < -0.39 is 0 Å². The number of nitrogens with zero attached hydrogens (tertiary/aromatic N) is 3. The molecule has 0 fully saturated rings. The molecule has 154 valence electrons. The summed E-state index contributed by atoms with van der Waals surface area (Å²) in [6.45, 7) is 4.12. The van der Waals surface area contributed by atoms with Crippen molar-refractivity contribution in [2.24, 2.45) is 0 Å². The Kier molecular flexibility index (Phi) is 7.44. The molecule has 0 aliphatic heterocycles. The summed E-state index contributed by atoms with van der Waals surface area (Å²) in [5, 5.41) is 15.3. The van der Waals surface area contributed by atoms with E-state index in [1.807, 2.05) is 35.7 Å². The number of rotatable bonds is 8. The predicted molar refractivity (Wildman–Crippen MR) is 121 cm³/mol. The normalized spacial score (nSPS) is 10.6. The highest BCUT2D eigenvalue weighted by Gasteiger charge is 2.12. The van der Waals surface area contributed by atoms with Gasteiger partial charge in [0.2, 0.25) is 5.91 Å². The number of aromatic nitrogens is 2. The molecular formula is C22H22N4O2S2. The zero-order chi connectivity index (χ0) is 21.5. The Morgan fingerprint density at radius 2 is 2.00 bits per heavy atom. The molecule has 1 N–H and O–H groups in total. The second-order valence-electron chi connectivity index (χ2n) is 6.77. The number of nitrogens with one attached hydrogen (secondary N) is 1. The minimum atomic E-state index is -0.114. The SMILES string of the molecule is COc1ccc(-c2csc(NC(=O)CCSc3nc(C(C)C)ccc3C#N)n2)cc1. The van der Waals surface area contributed by atoms with Crippen LogP contribution in [0.15, 0.2) is 46.8 Å². The number of ether oxygens (including phenoxy) is 1. The average molecular weight is 439 g/mol. The Bertz CT molecular complexity index is 1060. The summed E-state index contributed by atoms with van der Waals surface area (Å²) in [6, 6.07) is 13.5. The zero-order valence-corrected chi connectivity index (χ0v) is 18.6. The molecule has 8 heteroatoms. The Morgan fingerprint density at radius 3 is 2.67 bits per heavy atom. The number of hydrogen-bond donors (Lipinski definition) is 1. The molecule has 0 spiro atoms. The molecule has 0 bridgehead atoms. The second-order valence-corrected chi connectivity index (χ2v) is 8.71. The summed E-state index contributed by atoms with van der Waals surface area (Å²) in [5.41, 5.74) is 3.24. The first-order valence-corrected chi connectivity index (χ1v) is 11.3. The van der Waals surface area contributed by atoms with Gasteiger partial charge in [0.15, 0.2) is 5.13 Å². The number of thioether (sulfide) groups is 1. The van der Waals surface area contributed by atoms with Crippen LogP contribution in [0, 0.1) is 11.3 Å². The zero-order valence-electron chi connectivity index (χ0n) is 17.0. The molecule has 0 unspecified atom stereocenters. The van der Waals surface area contributed by atoms with E-state index in [4.69, 9.17) is 4.74 Å². The van der Waals surface area contributed by atoms with Crippen molar-refractivity contribution >= 4 is 34.1 Å². The molecule has 0 saturated carbocycles. The van der Waals surface area contributed by atoms with E-state index in [1.54, 1.807) is 13.2 Å². The largest absolute Gasteiger partial charge is 0.497 e. The van der Waals surface area contributed by atoms with E-state index in [-0.39, 0.29) is 11.8 Å². The number of carbonyl (C=O) groups excluding carboxylic acids is 1. The minimum absolute atomic E-state index is 0.114. The first kappa shape index (κ1) is 21.8. The third kappa shape index (κ3) is 5.59. The first-order valence-electron chi connectivity index (χ1n) is 9.43. The molecule has 0 atom stereocenters. The van der Waals surface area contributed by atoms with Gasteiger partial charge in [0.25, 0.3) is 0 Å². The fourth-order valence-corrected chi connectivity index (χ4v) is 4.27. The highest BCUT2D eigenvalue weighted by molar-refractivity contribution is 7.99. The predicted octanol–water partition coefficient (Wildman–Crippen LogP) is 5.33. The molecule has 3 aromatic rings. The van der Waals surface area contributed by atoms with Crippen LogP contribution in [0.25, 0.3) is 11.3 Å². The van der Waals surface area contributed by atoms with Crippen LogP contribution in [0.3, 0.4) is 0 Å². The Hall–Kier alpha value is -2.89. The summed E-state index contributed by atoms with van der Waals surface area (Å²) in [4.78, 5) is 21.3. The van der Waals surface area contributed by atoms with Crippen LogP contribution in [0.4, 0.5) is 5.13 Å². The van der Waals surface area contributed by atoms with E-state index in [9.17, 15) is 10.1 Å². The van der Waals surface area contributed by atoms with E-state index in [0.29, 0.717) is 27.9 Å². The smallest absolute Gasteiger partial charge is 0.226 e. The number of hydrogen-bond acceptors (Lipinski definition) is 7. The lowest BCUT2D eigenvalue weighted by Crippen LogP contribution is -2.12. The molecule has 1 aromatic carbocycles. The van der Waals surface area contributed by atoms with Gasteiger partial charge in [-0.25, -0.2) is 9.97 Å². The topological polar surface area (TPSA) is 87.9 Å². The van der Waals surface area contributed by atoms with Gasteiger partial charge in [-0.2, -0.15) is 5.26 Å². The van der Waals surface area contributed by atoms with Crippen LogP contribution in [0.1, 0.15) is 37.4 Å². The quantitative estimate of drug-likeness (QED) is 0.478. The fraction of sp³-hybridized carbons (Fsp3) is 0.273. The van der Waals surface area contributed by atoms with Crippen molar-refractivity contribution in [2.45, 2.75) is 31.2 Å². The number of carbonyl (C=O) groups is 1. The maximum absolute atomic E-state index is 12.3. The molecule has 3 rings (SSSR count). The highest BCUT2D eigenvalue weighted by atomic mass is 32.2. The van der Waals surface area contributed by atoms with Gasteiger partial charge in [-0.05, 0) is 42.3 Å². The lowest BCUT2D eigenvalue weighted by atomic mass is 10.1. The van der Waals surface area contributed by atoms with Crippen molar-refractivity contribution in [3.8, 4) is 23.1 Å². The second kappa shape index (κ2) is 10.2. The number of nitriles is 1. The fourth-order valence-electron chi connectivity index (χ4n) is 2.62. The molecule has 6 nitrogen and oxygen atoms in total. The van der Waals surface area contributed by atoms with E-state index >= 15 is 0 Å². The Morgan fingerprint density at radius 1 is 1.23 bits per heavy atom. The first-order chi connectivity index (χ1) is 14.5. The van der Waals surface area contributed by atoms with Crippen LogP contribution >= 0.6 is 23.1 Å². The van der Waals surface area contributed by atoms with Crippen molar-refractivity contribution in [3.05, 3.63) is 53.0 Å². The molecule has 1 amide bonds. The van der Waals surface area contributed by atoms with Gasteiger partial charge in [0.05, 0.1) is 18.4 Å². The molecule has 2 heterocycles. The Balaban J connectivity index is 1.55. The van der Waals surface area contributed by atoms with Gasteiger partial charge in [0, 0.05) is 28.8 Å². The van der Waals surface area contributed by atoms with Crippen LogP contribution in [-0.2, 0) is 4.79 Å². The number of thiazole rings is 1. The molecule has 0 aliphatic rings. The number of pyridine rings is 1. The number of methoxy groups -OCH3 is 1. The third-order valence-corrected chi connectivity index (χ3v) is 6.05. The molecular weight excluding hydrogens is 416 g/mol. The van der Waals surface area contributed by atoms with Crippen molar-refractivity contribution in [2.75, 3.05) is 18.2 Å². The van der Waals surface area contributed by atoms with Crippen LogP contribution in [0.2, 0.25) is 0 Å². The van der Waals surface area contributed by atoms with E-state index in [1.165, 1.54) is 23.1 Å². The third-order valence-electron chi connectivity index (χ3n) is 4.30. The monoisotopic (exact) mass is 438 g/mol. The summed E-state index contributed by atoms with van der Waals surface area (Å²) in [5.74, 6) is 1.49. The minimum Gasteiger partial charge on any atom is -0.497 e. The van der Waals surface area contributed by atoms with Gasteiger partial charge in [-0.3, -0.25) is 4.79 Å². The van der Waals surface area contributed by atoms with Gasteiger partial charge in [0.1, 0.15) is 16.8 Å². The summed E-state index contributed by atoms with van der Waals surface area (Å²) >= 11 is 2.81. The summed E-state index contributed by atoms with van der Waals surface area (Å²) in [7, 11) is 1.63. The maximum Gasteiger partial charge on any atom is 0.226 e. The lowest BCUT2D eigenvalue weighted by molar-refractivity contribution is -0.115. The molecule has 0 saturated heterocycles. The number of amides is 1. The van der Waals surface area contributed by atoms with Crippen LogP contribution in [-0.4, -0.2) is 28.7 Å². The van der Waals surface area contributed by atoms with Crippen molar-refractivity contribution in [3.63, 3.8) is 0 Å². The average Bonchev–Trinajstić information content (AvgIpc) is 3.22. The maximum atomic E-state index is 12.3. The standard InChI is InChI=1S/C22H22N4O2S2/c1-14(2)18-9-6-16(12-23)21(24-18)29-11-10-20(27)26-22-25-19(13-30-22)15-4-7-17(28-3)8-5-15/h4-9,13-14H,10-11H2,1-3H3,(H,25,26,27). The van der Waals surface area contributed by atoms with Crippen molar-refractivity contribution in [1.82, 2.24) is 9.97 Å². The van der Waals surface area contributed by atoms with Gasteiger partial charge in [-0.1, -0.05) is 13.8 Å². The molecule has 2 aromatic heterocycles. The molecule has 0 aliphatic carbocycles. The molecule has 30 heavy (non-hydrogen) atoms. The number of benzene rings is 1. The molecule has 0 radical (unpaired) electrons. The van der Waals surface area contributed by atoms with Gasteiger partial charge in [-0.15, -0.1) is 23.1 Å². The van der Waals surface area contributed by atoms with Crippen LogP contribution in [0.5, 0.6) is 5.75 Å². The van der Waals surface area contributed by atoms with Gasteiger partial charge >= 0.3 is 0 Å². The van der Waals surface area contributed by atoms with Crippen LogP contribution < -0.4 is 10.1 Å². The van der Waals surface area contributed by atoms with Crippen molar-refractivity contribution in [1.29, 1.82) is 5.26 Å². The van der Waals surface area contributed by atoms with E-state index in [0.717, 1.165) is 22.7 Å². The Labute approximate surface area is 184 Å². The number of anilines is 1.